The van der Waals surface area contributed by atoms with Gasteiger partial charge >= 0.3 is 0 Å². The van der Waals surface area contributed by atoms with Gasteiger partial charge in [-0.2, -0.15) is 0 Å². The van der Waals surface area contributed by atoms with E-state index >= 15 is 0 Å². The lowest BCUT2D eigenvalue weighted by Gasteiger charge is -2.03. The Labute approximate surface area is 163 Å². The zero-order valence-corrected chi connectivity index (χ0v) is 19.1. The van der Waals surface area contributed by atoms with Crippen LogP contribution in [0.2, 0.25) is 0 Å². The summed E-state index contributed by atoms with van der Waals surface area (Å²) in [5.74, 6) is 2.82. The highest BCUT2D eigenvalue weighted by Crippen LogP contribution is 2.07. The van der Waals surface area contributed by atoms with Crippen LogP contribution in [-0.2, 0) is 14.4 Å². The molecule has 1 unspecified atom stereocenters. The molecule has 0 radical (unpaired) electrons. The molecule has 0 aromatic heterocycles. The number of hydrogen-bond donors (Lipinski definition) is 0. The third-order valence-electron chi connectivity index (χ3n) is 3.86. The van der Waals surface area contributed by atoms with Crippen molar-refractivity contribution < 1.29 is 14.4 Å². The Morgan fingerprint density at radius 2 is 1.00 bits per heavy atom. The van der Waals surface area contributed by atoms with Gasteiger partial charge in [0.1, 0.15) is 17.3 Å². The van der Waals surface area contributed by atoms with Crippen LogP contribution < -0.4 is 0 Å². The van der Waals surface area contributed by atoms with E-state index in [1.165, 1.54) is 0 Å². The van der Waals surface area contributed by atoms with Gasteiger partial charge in [0.15, 0.2) is 0 Å². The van der Waals surface area contributed by atoms with Gasteiger partial charge < -0.3 is 0 Å². The van der Waals surface area contributed by atoms with Crippen molar-refractivity contribution in [1.29, 1.82) is 0 Å². The first-order valence-electron chi connectivity index (χ1n) is 10.6. The molecule has 3 nitrogen and oxygen atoms in total. The van der Waals surface area contributed by atoms with Crippen molar-refractivity contribution in [2.24, 2.45) is 17.8 Å². The fourth-order valence-electron chi connectivity index (χ4n) is 2.11. The molecule has 0 fully saturated rings. The molecule has 3 heteroatoms. The van der Waals surface area contributed by atoms with Crippen molar-refractivity contribution in [3.63, 3.8) is 0 Å². The van der Waals surface area contributed by atoms with Crippen molar-refractivity contribution in [2.45, 2.75) is 114 Å². The summed E-state index contributed by atoms with van der Waals surface area (Å²) < 4.78 is 0. The van der Waals surface area contributed by atoms with Crippen LogP contribution in [0.4, 0.5) is 0 Å². The van der Waals surface area contributed by atoms with Gasteiger partial charge in [-0.05, 0) is 24.2 Å². The SMILES string of the molecule is CCC(=O)CC(C)C.CCC(=O)CC(C)CC.CCCC(=O)CC(C)C. The molecular weight excluding hydrogens is 324 g/mol. The van der Waals surface area contributed by atoms with Crippen LogP contribution in [0.3, 0.4) is 0 Å². The average molecular weight is 371 g/mol. The second kappa shape index (κ2) is 20.3. The van der Waals surface area contributed by atoms with E-state index in [9.17, 15) is 14.4 Å². The van der Waals surface area contributed by atoms with Gasteiger partial charge in [0, 0.05) is 38.5 Å². The van der Waals surface area contributed by atoms with Crippen molar-refractivity contribution in [2.75, 3.05) is 0 Å². The highest BCUT2D eigenvalue weighted by molar-refractivity contribution is 5.78. The molecule has 0 amide bonds. The molecule has 0 saturated heterocycles. The highest BCUT2D eigenvalue weighted by Gasteiger charge is 2.03. The summed E-state index contributed by atoms with van der Waals surface area (Å²) in [5, 5.41) is 0. The number of rotatable bonds is 11. The van der Waals surface area contributed by atoms with Gasteiger partial charge in [-0.1, -0.05) is 68.7 Å². The minimum Gasteiger partial charge on any atom is -0.300 e. The first-order chi connectivity index (χ1) is 12.0. The standard InChI is InChI=1S/2C8H16O.C7H14O/c1-4-5-8(9)6-7(2)3;1-4-7(3)6-8(9)5-2;1-4-7(8)5-6(2)3/h2*7H,4-6H2,1-3H3;6H,4-5H2,1-3H3. The first kappa shape index (κ1) is 29.8. The quantitative estimate of drug-likeness (QED) is 0.401. The minimum absolute atomic E-state index is 0.375. The molecule has 0 saturated carbocycles. The molecule has 26 heavy (non-hydrogen) atoms. The summed E-state index contributed by atoms with van der Waals surface area (Å²) in [6, 6.07) is 0. The topological polar surface area (TPSA) is 51.2 Å². The molecule has 0 aromatic rings. The van der Waals surface area contributed by atoms with Crippen LogP contribution in [-0.4, -0.2) is 17.3 Å². The third-order valence-corrected chi connectivity index (χ3v) is 3.86. The number of hydrogen-bond acceptors (Lipinski definition) is 3. The zero-order valence-electron chi connectivity index (χ0n) is 19.1. The van der Waals surface area contributed by atoms with Gasteiger partial charge in [0.2, 0.25) is 0 Å². The molecule has 156 valence electrons. The summed E-state index contributed by atoms with van der Waals surface area (Å²) in [4.78, 5) is 32.3. The zero-order chi connectivity index (χ0) is 21.1. The maximum absolute atomic E-state index is 10.9. The summed E-state index contributed by atoms with van der Waals surface area (Å²) in [6.45, 7) is 18.4. The van der Waals surface area contributed by atoms with Crippen LogP contribution >= 0.6 is 0 Å². The minimum atomic E-state index is 0.375. The molecule has 1 atom stereocenters. The highest BCUT2D eigenvalue weighted by atomic mass is 16.1. The van der Waals surface area contributed by atoms with Crippen LogP contribution in [0, 0.1) is 17.8 Å². The van der Waals surface area contributed by atoms with E-state index in [-0.39, 0.29) is 0 Å². The van der Waals surface area contributed by atoms with Crippen molar-refractivity contribution >= 4 is 17.3 Å². The van der Waals surface area contributed by atoms with Crippen LogP contribution in [0.5, 0.6) is 0 Å². The maximum Gasteiger partial charge on any atom is 0.133 e. The van der Waals surface area contributed by atoms with E-state index in [0.29, 0.717) is 47.9 Å². The molecule has 0 rings (SSSR count). The van der Waals surface area contributed by atoms with Crippen molar-refractivity contribution in [3.8, 4) is 0 Å². The Balaban J connectivity index is -0.000000306. The van der Waals surface area contributed by atoms with Gasteiger partial charge in [0.25, 0.3) is 0 Å². The van der Waals surface area contributed by atoms with E-state index < -0.39 is 0 Å². The molecule has 0 N–H and O–H groups in total. The molecule has 0 aliphatic rings. The molecular formula is C23H46O3. The number of ketones is 3. The smallest absolute Gasteiger partial charge is 0.133 e. The molecule has 0 bridgehead atoms. The normalized spacial score (nSPS) is 11.2. The van der Waals surface area contributed by atoms with E-state index in [0.717, 1.165) is 38.5 Å². The number of Topliss-reactive ketones (excluding diaryl/α,β-unsaturated/α-hetero) is 3. The molecule has 0 aliphatic carbocycles. The fourth-order valence-corrected chi connectivity index (χ4v) is 2.11. The van der Waals surface area contributed by atoms with Gasteiger partial charge in [0.05, 0.1) is 0 Å². The Morgan fingerprint density at radius 1 is 0.615 bits per heavy atom. The summed E-state index contributed by atoms with van der Waals surface area (Å²) >= 11 is 0. The van der Waals surface area contributed by atoms with Gasteiger partial charge in [-0.3, -0.25) is 14.4 Å². The van der Waals surface area contributed by atoms with Crippen LogP contribution in [0.1, 0.15) is 114 Å². The third kappa shape index (κ3) is 27.8. The number of carbonyl (C=O) groups excluding carboxylic acids is 3. The van der Waals surface area contributed by atoms with Gasteiger partial charge in [-0.15, -0.1) is 0 Å². The fraction of sp³-hybridized carbons (Fsp3) is 0.870. The second-order valence-electron chi connectivity index (χ2n) is 7.99. The Bertz CT molecular complexity index is 356. The predicted molar refractivity (Wildman–Crippen MR) is 113 cm³/mol. The average Bonchev–Trinajstić information content (AvgIpc) is 2.54. The lowest BCUT2D eigenvalue weighted by molar-refractivity contribution is -0.120. The van der Waals surface area contributed by atoms with E-state index in [1.807, 2.05) is 20.8 Å². The second-order valence-corrected chi connectivity index (χ2v) is 7.99. The van der Waals surface area contributed by atoms with E-state index in [4.69, 9.17) is 0 Å². The summed E-state index contributed by atoms with van der Waals surface area (Å²) in [6.07, 6.45) is 6.54. The largest absolute Gasteiger partial charge is 0.300 e. The first-order valence-corrected chi connectivity index (χ1v) is 10.6. The molecule has 0 heterocycles. The van der Waals surface area contributed by atoms with E-state index in [2.05, 4.69) is 41.5 Å². The predicted octanol–water partition coefficient (Wildman–Crippen LogP) is 6.82. The van der Waals surface area contributed by atoms with Crippen molar-refractivity contribution in [3.05, 3.63) is 0 Å². The summed E-state index contributed by atoms with van der Waals surface area (Å²) in [5.41, 5.74) is 0. The van der Waals surface area contributed by atoms with E-state index in [1.54, 1.807) is 0 Å². The Morgan fingerprint density at radius 3 is 1.27 bits per heavy atom. The Hall–Kier alpha value is -0.990. The Kier molecular flexibility index (Phi) is 23.3. The lowest BCUT2D eigenvalue weighted by atomic mass is 10.0. The molecule has 0 spiro atoms. The van der Waals surface area contributed by atoms with Crippen LogP contribution in [0.25, 0.3) is 0 Å². The lowest BCUT2D eigenvalue weighted by Crippen LogP contribution is -2.02. The monoisotopic (exact) mass is 370 g/mol. The number of carbonyl (C=O) groups is 3. The molecule has 0 aromatic carbocycles. The summed E-state index contributed by atoms with van der Waals surface area (Å²) in [7, 11) is 0. The molecule has 0 aliphatic heterocycles. The van der Waals surface area contributed by atoms with Crippen molar-refractivity contribution in [1.82, 2.24) is 0 Å². The van der Waals surface area contributed by atoms with Crippen LogP contribution in [0.15, 0.2) is 0 Å². The van der Waals surface area contributed by atoms with Gasteiger partial charge in [-0.25, -0.2) is 0 Å². The maximum atomic E-state index is 10.9.